The van der Waals surface area contributed by atoms with Crippen molar-refractivity contribution in [1.29, 1.82) is 0 Å². The Hall–Kier alpha value is -2.30. The smallest absolute Gasteiger partial charge is 0.219 e. The minimum atomic E-state index is 0.109. The van der Waals surface area contributed by atoms with Crippen LogP contribution in [-0.2, 0) is 24.8 Å². The van der Waals surface area contributed by atoms with Crippen LogP contribution in [0.3, 0.4) is 0 Å². The molecule has 0 aliphatic carbocycles. The van der Waals surface area contributed by atoms with E-state index in [1.165, 1.54) is 5.69 Å². The maximum absolute atomic E-state index is 11.6. The molecule has 2 aromatic rings. The van der Waals surface area contributed by atoms with Crippen LogP contribution < -0.4 is 5.73 Å². The van der Waals surface area contributed by atoms with Crippen LogP contribution in [0.25, 0.3) is 11.3 Å². The monoisotopic (exact) mass is 270 g/mol. The van der Waals surface area contributed by atoms with Gasteiger partial charge in [-0.15, -0.1) is 0 Å². The van der Waals surface area contributed by atoms with Crippen LogP contribution in [0.4, 0.5) is 5.69 Å². The van der Waals surface area contributed by atoms with Gasteiger partial charge in [0.25, 0.3) is 0 Å². The first-order chi connectivity index (χ1) is 9.56. The van der Waals surface area contributed by atoms with Crippen molar-refractivity contribution in [2.45, 2.75) is 19.9 Å². The van der Waals surface area contributed by atoms with Crippen LogP contribution in [0.15, 0.2) is 24.3 Å². The van der Waals surface area contributed by atoms with Crippen molar-refractivity contribution >= 4 is 11.6 Å². The lowest BCUT2D eigenvalue weighted by molar-refractivity contribution is -0.129. The van der Waals surface area contributed by atoms with Crippen molar-refractivity contribution in [2.75, 3.05) is 12.3 Å². The second kappa shape index (κ2) is 4.67. The zero-order chi connectivity index (χ0) is 14.3. The lowest BCUT2D eigenvalue weighted by atomic mass is 10.0. The second-order valence-electron chi connectivity index (χ2n) is 5.21. The Kier molecular flexibility index (Phi) is 2.97. The quantitative estimate of drug-likeness (QED) is 0.800. The Balaban J connectivity index is 2.08. The molecule has 1 amide bonds. The van der Waals surface area contributed by atoms with Gasteiger partial charge in [0.15, 0.2) is 0 Å². The van der Waals surface area contributed by atoms with Gasteiger partial charge in [0, 0.05) is 56.0 Å². The molecule has 5 heteroatoms. The summed E-state index contributed by atoms with van der Waals surface area (Å²) in [5.74, 6) is 0.109. The number of nitrogens with zero attached hydrogens (tertiary/aromatic N) is 3. The van der Waals surface area contributed by atoms with Gasteiger partial charge in [0.05, 0.1) is 5.69 Å². The number of fused-ring (bicyclic) bond motifs is 1. The average molecular weight is 270 g/mol. The molecule has 0 fully saturated rings. The molecule has 0 bridgehead atoms. The standard InChI is InChI=1S/C15H18N4O/c1-10(20)19-7-6-14-13(9-19)15(17-18(14)2)11-4-3-5-12(16)8-11/h3-5,8H,6-7,9,16H2,1-2H3. The van der Waals surface area contributed by atoms with E-state index < -0.39 is 0 Å². The van der Waals surface area contributed by atoms with Crippen LogP contribution in [0.1, 0.15) is 18.2 Å². The minimum absolute atomic E-state index is 0.109. The topological polar surface area (TPSA) is 64.2 Å². The van der Waals surface area contributed by atoms with Gasteiger partial charge in [-0.25, -0.2) is 0 Å². The van der Waals surface area contributed by atoms with Gasteiger partial charge < -0.3 is 10.6 Å². The number of rotatable bonds is 1. The summed E-state index contributed by atoms with van der Waals surface area (Å²) >= 11 is 0. The highest BCUT2D eigenvalue weighted by Gasteiger charge is 2.25. The van der Waals surface area contributed by atoms with E-state index >= 15 is 0 Å². The molecule has 0 atom stereocenters. The second-order valence-corrected chi connectivity index (χ2v) is 5.21. The van der Waals surface area contributed by atoms with Gasteiger partial charge in [-0.3, -0.25) is 9.48 Å². The van der Waals surface area contributed by atoms with Gasteiger partial charge in [-0.05, 0) is 12.1 Å². The number of benzene rings is 1. The molecule has 0 unspecified atom stereocenters. The fraction of sp³-hybridized carbons (Fsp3) is 0.333. The Labute approximate surface area is 118 Å². The van der Waals surface area contributed by atoms with Gasteiger partial charge in [-0.1, -0.05) is 12.1 Å². The Morgan fingerprint density at radius 1 is 1.40 bits per heavy atom. The van der Waals surface area contributed by atoms with E-state index in [2.05, 4.69) is 5.10 Å². The van der Waals surface area contributed by atoms with E-state index in [0.717, 1.165) is 35.5 Å². The summed E-state index contributed by atoms with van der Waals surface area (Å²) in [5.41, 5.74) is 10.9. The van der Waals surface area contributed by atoms with Gasteiger partial charge in [0.2, 0.25) is 5.91 Å². The van der Waals surface area contributed by atoms with Crippen molar-refractivity contribution < 1.29 is 4.79 Å². The van der Waals surface area contributed by atoms with Crippen molar-refractivity contribution in [3.63, 3.8) is 0 Å². The molecule has 1 aliphatic rings. The third-order valence-corrected chi connectivity index (χ3v) is 3.85. The Morgan fingerprint density at radius 2 is 2.20 bits per heavy atom. The maximum Gasteiger partial charge on any atom is 0.219 e. The van der Waals surface area contributed by atoms with Crippen LogP contribution >= 0.6 is 0 Å². The predicted molar refractivity (Wildman–Crippen MR) is 77.9 cm³/mol. The molecule has 5 nitrogen and oxygen atoms in total. The number of hydrogen-bond acceptors (Lipinski definition) is 3. The van der Waals surface area contributed by atoms with Crippen LogP contribution in [0, 0.1) is 0 Å². The van der Waals surface area contributed by atoms with Crippen molar-refractivity contribution in [2.24, 2.45) is 7.05 Å². The summed E-state index contributed by atoms with van der Waals surface area (Å²) < 4.78 is 1.92. The molecule has 1 aromatic carbocycles. The normalized spacial score (nSPS) is 14.2. The predicted octanol–water partition coefficient (Wildman–Crippen LogP) is 1.57. The number of aryl methyl sites for hydroxylation is 1. The first kappa shape index (κ1) is 12.7. The molecule has 2 heterocycles. The molecule has 20 heavy (non-hydrogen) atoms. The fourth-order valence-corrected chi connectivity index (χ4v) is 2.78. The molecule has 0 spiro atoms. The van der Waals surface area contributed by atoms with E-state index in [1.54, 1.807) is 6.92 Å². The first-order valence-corrected chi connectivity index (χ1v) is 6.72. The molecule has 3 rings (SSSR count). The van der Waals surface area contributed by atoms with Crippen LogP contribution in [0.5, 0.6) is 0 Å². The van der Waals surface area contributed by atoms with E-state index in [0.29, 0.717) is 6.54 Å². The van der Waals surface area contributed by atoms with Crippen molar-refractivity contribution in [3.05, 3.63) is 35.5 Å². The third kappa shape index (κ3) is 2.05. The number of nitrogen functional groups attached to an aromatic ring is 1. The molecular weight excluding hydrogens is 252 g/mol. The summed E-state index contributed by atoms with van der Waals surface area (Å²) in [5, 5.41) is 4.62. The Morgan fingerprint density at radius 3 is 2.90 bits per heavy atom. The minimum Gasteiger partial charge on any atom is -0.399 e. The SMILES string of the molecule is CC(=O)N1CCc2c(c(-c3cccc(N)c3)nn2C)C1. The highest BCUT2D eigenvalue weighted by atomic mass is 16.2. The first-order valence-electron chi connectivity index (χ1n) is 6.72. The molecule has 2 N–H and O–H groups in total. The van der Waals surface area contributed by atoms with Gasteiger partial charge in [-0.2, -0.15) is 5.10 Å². The van der Waals surface area contributed by atoms with Crippen molar-refractivity contribution in [3.8, 4) is 11.3 Å². The summed E-state index contributed by atoms with van der Waals surface area (Å²) in [4.78, 5) is 13.5. The molecule has 1 aromatic heterocycles. The summed E-state index contributed by atoms with van der Waals surface area (Å²) in [6.07, 6.45) is 0.848. The number of carbonyl (C=O) groups excluding carboxylic acids is 1. The van der Waals surface area contributed by atoms with Crippen molar-refractivity contribution in [1.82, 2.24) is 14.7 Å². The molecule has 1 aliphatic heterocycles. The number of hydrogen-bond donors (Lipinski definition) is 1. The lowest BCUT2D eigenvalue weighted by Gasteiger charge is -2.26. The highest BCUT2D eigenvalue weighted by Crippen LogP contribution is 2.30. The van der Waals surface area contributed by atoms with E-state index in [-0.39, 0.29) is 5.91 Å². The Bertz CT molecular complexity index is 675. The van der Waals surface area contributed by atoms with E-state index in [1.807, 2.05) is 40.9 Å². The van der Waals surface area contributed by atoms with E-state index in [4.69, 9.17) is 5.73 Å². The van der Waals surface area contributed by atoms with E-state index in [9.17, 15) is 4.79 Å². The van der Waals surface area contributed by atoms with Crippen LogP contribution in [0.2, 0.25) is 0 Å². The third-order valence-electron chi connectivity index (χ3n) is 3.85. The van der Waals surface area contributed by atoms with Crippen LogP contribution in [-0.4, -0.2) is 27.1 Å². The molecule has 0 radical (unpaired) electrons. The zero-order valence-corrected chi connectivity index (χ0v) is 11.8. The van der Waals surface area contributed by atoms with Gasteiger partial charge in [0.1, 0.15) is 0 Å². The molecule has 0 saturated carbocycles. The summed E-state index contributed by atoms with van der Waals surface area (Å²) in [7, 11) is 1.96. The number of carbonyl (C=O) groups is 1. The molecular formula is C15H18N4O. The number of nitrogens with two attached hydrogens (primary N) is 1. The lowest BCUT2D eigenvalue weighted by Crippen LogP contribution is -2.34. The molecule has 0 saturated heterocycles. The van der Waals surface area contributed by atoms with Gasteiger partial charge >= 0.3 is 0 Å². The molecule has 104 valence electrons. The number of amides is 1. The zero-order valence-electron chi connectivity index (χ0n) is 11.8. The maximum atomic E-state index is 11.6. The average Bonchev–Trinajstić information content (AvgIpc) is 2.76. The largest absolute Gasteiger partial charge is 0.399 e. The highest BCUT2D eigenvalue weighted by molar-refractivity contribution is 5.75. The number of aromatic nitrogens is 2. The summed E-state index contributed by atoms with van der Waals surface area (Å²) in [6.45, 7) is 3.00. The number of anilines is 1. The summed E-state index contributed by atoms with van der Waals surface area (Å²) in [6, 6.07) is 7.72. The fourth-order valence-electron chi connectivity index (χ4n) is 2.78.